The Kier molecular flexibility index (Phi) is 5.00. The zero-order valence-electron chi connectivity index (χ0n) is 15.2. The van der Waals surface area contributed by atoms with Gasteiger partial charge in [-0.05, 0) is 49.6 Å². The van der Waals surface area contributed by atoms with E-state index >= 15 is 0 Å². The van der Waals surface area contributed by atoms with Crippen molar-refractivity contribution in [2.24, 2.45) is 0 Å². The van der Waals surface area contributed by atoms with Crippen LogP contribution in [0.3, 0.4) is 0 Å². The largest absolute Gasteiger partial charge is 0.416 e. The minimum Gasteiger partial charge on any atom is -0.346 e. The van der Waals surface area contributed by atoms with Crippen molar-refractivity contribution in [3.05, 3.63) is 64.1 Å². The van der Waals surface area contributed by atoms with E-state index in [0.717, 1.165) is 54.7 Å². The van der Waals surface area contributed by atoms with Gasteiger partial charge in [0.25, 0.3) is 11.6 Å². The van der Waals surface area contributed by atoms with E-state index in [2.05, 4.69) is 20.5 Å². The Bertz CT molecular complexity index is 911. The number of alkyl halides is 3. The van der Waals surface area contributed by atoms with Crippen LogP contribution in [0.15, 0.2) is 53.0 Å². The van der Waals surface area contributed by atoms with Crippen LogP contribution < -0.4 is 4.90 Å². The lowest BCUT2D eigenvalue weighted by Gasteiger charge is -2.29. The van der Waals surface area contributed by atoms with Crippen molar-refractivity contribution in [1.29, 1.82) is 0 Å². The molecule has 0 radical (unpaired) electrons. The Morgan fingerprint density at radius 1 is 1.04 bits per heavy atom. The van der Waals surface area contributed by atoms with E-state index in [0.29, 0.717) is 17.8 Å². The van der Waals surface area contributed by atoms with E-state index in [9.17, 15) is 18.3 Å². The minimum absolute atomic E-state index is 0.334. The Morgan fingerprint density at radius 2 is 1.79 bits per heavy atom. The molecule has 2 aromatic rings. The van der Waals surface area contributed by atoms with Crippen molar-refractivity contribution < 1.29 is 22.9 Å². The summed E-state index contributed by atoms with van der Waals surface area (Å²) >= 11 is 3.40. The number of anilines is 1. The van der Waals surface area contributed by atoms with Crippen LogP contribution in [-0.4, -0.2) is 28.6 Å². The van der Waals surface area contributed by atoms with Crippen LogP contribution in [-0.2, 0) is 11.9 Å². The molecule has 2 aliphatic rings. The fourth-order valence-electron chi connectivity index (χ4n) is 4.14. The van der Waals surface area contributed by atoms with Gasteiger partial charge in [-0.25, -0.2) is 0 Å². The van der Waals surface area contributed by atoms with Crippen molar-refractivity contribution in [2.45, 2.75) is 37.6 Å². The third-order valence-electron chi connectivity index (χ3n) is 5.47. The molecule has 28 heavy (non-hydrogen) atoms. The molecule has 4 rings (SSSR count). The Hall–Kier alpha value is -1.86. The maximum absolute atomic E-state index is 13.3. The van der Waals surface area contributed by atoms with Crippen LogP contribution in [0.25, 0.3) is 0 Å². The fraction of sp³-hybridized carbons (Fsp3) is 0.381. The van der Waals surface area contributed by atoms with Crippen molar-refractivity contribution in [3.63, 3.8) is 0 Å². The monoisotopic (exact) mass is 453 g/mol. The average Bonchev–Trinajstić information content (AvgIpc) is 2.78. The third kappa shape index (κ3) is 3.46. The standard InChI is InChI=1S/C21H21BrF3N2O/c22-17-10-8-15(9-11-17)20(28)14-26-12-3-1-2-7-19(26)27(20)18-6-4-5-16(13-18)21(23,24)25/h4-6,8-11,13,28H,1-3,7,12,14H2/q+1/t20-/m1/s1. The summed E-state index contributed by atoms with van der Waals surface area (Å²) in [6.07, 6.45) is -0.657. The summed E-state index contributed by atoms with van der Waals surface area (Å²) in [6, 6.07) is 12.5. The second-order valence-electron chi connectivity index (χ2n) is 7.36. The lowest BCUT2D eigenvalue weighted by molar-refractivity contribution is -0.534. The van der Waals surface area contributed by atoms with Crippen LogP contribution in [0, 0.1) is 0 Å². The van der Waals surface area contributed by atoms with Crippen molar-refractivity contribution >= 4 is 27.5 Å². The van der Waals surface area contributed by atoms with Crippen LogP contribution in [0.2, 0.25) is 0 Å². The Labute approximate surface area is 170 Å². The van der Waals surface area contributed by atoms with Gasteiger partial charge >= 0.3 is 6.18 Å². The van der Waals surface area contributed by atoms with Crippen molar-refractivity contribution in [3.8, 4) is 0 Å². The molecule has 0 spiro atoms. The molecule has 2 aliphatic heterocycles. The first-order valence-corrected chi connectivity index (χ1v) is 10.1. The highest BCUT2D eigenvalue weighted by molar-refractivity contribution is 9.10. The first-order chi connectivity index (χ1) is 13.3. The van der Waals surface area contributed by atoms with Gasteiger partial charge in [-0.1, -0.05) is 34.1 Å². The summed E-state index contributed by atoms with van der Waals surface area (Å²) in [5.74, 6) is 0.891. The molecule has 0 aliphatic carbocycles. The number of benzene rings is 2. The van der Waals surface area contributed by atoms with Gasteiger partial charge in [0, 0.05) is 16.5 Å². The van der Waals surface area contributed by atoms with E-state index in [1.165, 1.54) is 6.07 Å². The molecule has 0 amide bonds. The Balaban J connectivity index is 1.85. The molecule has 0 bridgehead atoms. The second kappa shape index (κ2) is 7.19. The number of nitrogens with zero attached hydrogens (tertiary/aromatic N) is 2. The van der Waals surface area contributed by atoms with Crippen molar-refractivity contribution in [2.75, 3.05) is 18.0 Å². The highest BCUT2D eigenvalue weighted by Gasteiger charge is 2.54. The van der Waals surface area contributed by atoms with E-state index < -0.39 is 17.5 Å². The highest BCUT2D eigenvalue weighted by Crippen LogP contribution is 2.40. The normalized spacial score (nSPS) is 23.0. The van der Waals surface area contributed by atoms with E-state index in [1.807, 2.05) is 24.3 Å². The van der Waals surface area contributed by atoms with Crippen LogP contribution in [0.1, 0.15) is 36.8 Å². The molecule has 1 atom stereocenters. The SMILES string of the molecule is O[C@@]1(c2ccc(Br)cc2)C[N+]2=C(CCCCC2)N1c1cccc(C(F)(F)F)c1. The molecule has 1 N–H and O–H groups in total. The van der Waals surface area contributed by atoms with E-state index in [-0.39, 0.29) is 0 Å². The number of halogens is 4. The molecule has 148 valence electrons. The highest BCUT2D eigenvalue weighted by atomic mass is 79.9. The van der Waals surface area contributed by atoms with E-state index in [1.54, 1.807) is 11.0 Å². The Morgan fingerprint density at radius 3 is 2.50 bits per heavy atom. The number of amidine groups is 1. The van der Waals surface area contributed by atoms with Crippen molar-refractivity contribution in [1.82, 2.24) is 0 Å². The van der Waals surface area contributed by atoms with Crippen LogP contribution in [0.5, 0.6) is 0 Å². The van der Waals surface area contributed by atoms with Crippen LogP contribution >= 0.6 is 15.9 Å². The molecule has 3 nitrogen and oxygen atoms in total. The predicted octanol–water partition coefficient (Wildman–Crippen LogP) is 5.12. The number of aliphatic hydroxyl groups is 1. The van der Waals surface area contributed by atoms with Gasteiger partial charge in [-0.15, -0.1) is 0 Å². The second-order valence-corrected chi connectivity index (χ2v) is 8.27. The summed E-state index contributed by atoms with van der Waals surface area (Å²) in [5, 5.41) is 11.7. The third-order valence-corrected chi connectivity index (χ3v) is 6.00. The summed E-state index contributed by atoms with van der Waals surface area (Å²) in [6.45, 7) is 1.13. The molecular weight excluding hydrogens is 433 g/mol. The number of hydrogen-bond donors (Lipinski definition) is 1. The first-order valence-electron chi connectivity index (χ1n) is 9.36. The minimum atomic E-state index is -4.43. The van der Waals surface area contributed by atoms with Gasteiger partial charge in [0.2, 0.25) is 0 Å². The van der Waals surface area contributed by atoms with Gasteiger partial charge < -0.3 is 5.11 Å². The molecule has 0 unspecified atom stereocenters. The first kappa shape index (κ1) is 19.5. The van der Waals surface area contributed by atoms with Gasteiger partial charge in [0.05, 0.1) is 12.1 Å². The molecule has 2 heterocycles. The maximum Gasteiger partial charge on any atom is 0.416 e. The molecule has 0 fully saturated rings. The molecule has 0 saturated carbocycles. The van der Waals surface area contributed by atoms with Gasteiger partial charge in [-0.2, -0.15) is 18.1 Å². The number of hydrogen-bond acceptors (Lipinski definition) is 2. The lowest BCUT2D eigenvalue weighted by atomic mass is 9.99. The van der Waals surface area contributed by atoms with Crippen LogP contribution in [0.4, 0.5) is 18.9 Å². The number of rotatable bonds is 2. The quantitative estimate of drug-likeness (QED) is 0.638. The summed E-state index contributed by atoms with van der Waals surface area (Å²) in [7, 11) is 0. The molecule has 0 saturated heterocycles. The lowest BCUT2D eigenvalue weighted by Crippen LogP contribution is -2.47. The average molecular weight is 454 g/mol. The smallest absolute Gasteiger partial charge is 0.346 e. The zero-order valence-corrected chi connectivity index (χ0v) is 16.8. The fourth-order valence-corrected chi connectivity index (χ4v) is 4.41. The molecule has 7 heteroatoms. The molecular formula is C21H21BrF3N2O+. The summed E-state index contributed by atoms with van der Waals surface area (Å²) in [5.41, 5.74) is -1.11. The zero-order chi connectivity index (χ0) is 19.9. The summed E-state index contributed by atoms with van der Waals surface area (Å²) in [4.78, 5) is 1.71. The van der Waals surface area contributed by atoms with Gasteiger partial charge in [0.1, 0.15) is 5.69 Å². The molecule has 2 aromatic carbocycles. The van der Waals surface area contributed by atoms with Gasteiger partial charge in [0.15, 0.2) is 6.54 Å². The maximum atomic E-state index is 13.3. The molecule has 0 aromatic heterocycles. The van der Waals surface area contributed by atoms with E-state index in [4.69, 9.17) is 0 Å². The topological polar surface area (TPSA) is 26.5 Å². The predicted molar refractivity (Wildman–Crippen MR) is 105 cm³/mol. The summed E-state index contributed by atoms with van der Waals surface area (Å²) < 4.78 is 42.9. The van der Waals surface area contributed by atoms with Gasteiger partial charge in [-0.3, -0.25) is 4.58 Å².